The van der Waals surface area contributed by atoms with Gasteiger partial charge in [0.2, 0.25) is 0 Å². The van der Waals surface area contributed by atoms with Gasteiger partial charge in [-0.2, -0.15) is 0 Å². The minimum atomic E-state index is -1.29. The SMILES string of the molecule is O=C(O)c1ccc(-c2cc(F)c(F)cc2F)cn1. The maximum absolute atomic E-state index is 13.4. The molecule has 0 aliphatic carbocycles. The molecule has 2 aromatic rings. The highest BCUT2D eigenvalue weighted by Gasteiger charge is 2.12. The molecule has 6 heteroatoms. The smallest absolute Gasteiger partial charge is 0.354 e. The first-order chi connectivity index (χ1) is 8.49. The Hall–Kier alpha value is -2.37. The van der Waals surface area contributed by atoms with Crippen LogP contribution in [0.3, 0.4) is 0 Å². The summed E-state index contributed by atoms with van der Waals surface area (Å²) in [5.74, 6) is -4.65. The molecule has 0 atom stereocenters. The number of nitrogens with zero attached hydrogens (tertiary/aromatic N) is 1. The second kappa shape index (κ2) is 4.48. The summed E-state index contributed by atoms with van der Waals surface area (Å²) in [7, 11) is 0. The van der Waals surface area contributed by atoms with Crippen LogP contribution in [-0.4, -0.2) is 16.1 Å². The van der Waals surface area contributed by atoms with Crippen LogP contribution in [0.1, 0.15) is 10.5 Å². The van der Waals surface area contributed by atoms with Gasteiger partial charge in [0.15, 0.2) is 11.6 Å². The summed E-state index contributed by atoms with van der Waals surface area (Å²) >= 11 is 0. The van der Waals surface area contributed by atoms with Crippen molar-refractivity contribution in [2.75, 3.05) is 0 Å². The Bertz CT molecular complexity index is 611. The van der Waals surface area contributed by atoms with Crippen molar-refractivity contribution >= 4 is 5.97 Å². The summed E-state index contributed by atoms with van der Waals surface area (Å²) in [5, 5.41) is 8.64. The maximum atomic E-state index is 13.4. The van der Waals surface area contributed by atoms with Gasteiger partial charge in [0, 0.05) is 23.4 Å². The molecule has 0 aliphatic heterocycles. The highest BCUT2D eigenvalue weighted by molar-refractivity contribution is 5.85. The van der Waals surface area contributed by atoms with E-state index in [1.54, 1.807) is 0 Å². The lowest BCUT2D eigenvalue weighted by Crippen LogP contribution is -1.99. The Kier molecular flexibility index (Phi) is 3.01. The molecule has 92 valence electrons. The second-order valence-electron chi connectivity index (χ2n) is 3.48. The van der Waals surface area contributed by atoms with E-state index < -0.39 is 23.4 Å². The number of carboxylic acid groups (broad SMARTS) is 1. The van der Waals surface area contributed by atoms with Crippen LogP contribution < -0.4 is 0 Å². The average molecular weight is 253 g/mol. The summed E-state index contributed by atoms with van der Waals surface area (Å²) in [6, 6.07) is 3.54. The molecular formula is C12H6F3NO2. The Morgan fingerprint density at radius 2 is 1.72 bits per heavy atom. The molecule has 0 unspecified atom stereocenters. The van der Waals surface area contributed by atoms with Crippen LogP contribution in [0.25, 0.3) is 11.1 Å². The first-order valence-corrected chi connectivity index (χ1v) is 4.83. The van der Waals surface area contributed by atoms with Crippen molar-refractivity contribution in [3.63, 3.8) is 0 Å². The second-order valence-corrected chi connectivity index (χ2v) is 3.48. The molecule has 0 saturated carbocycles. The predicted molar refractivity (Wildman–Crippen MR) is 56.5 cm³/mol. The fraction of sp³-hybridized carbons (Fsp3) is 0. The Labute approximate surface area is 99.5 Å². The monoisotopic (exact) mass is 253 g/mol. The Morgan fingerprint density at radius 3 is 2.28 bits per heavy atom. The largest absolute Gasteiger partial charge is 0.477 e. The van der Waals surface area contributed by atoms with Crippen LogP contribution in [-0.2, 0) is 0 Å². The molecule has 1 heterocycles. The van der Waals surface area contributed by atoms with Crippen molar-refractivity contribution in [3.8, 4) is 11.1 Å². The van der Waals surface area contributed by atoms with Crippen LogP contribution in [0.2, 0.25) is 0 Å². The van der Waals surface area contributed by atoms with Crippen LogP contribution in [0.4, 0.5) is 13.2 Å². The van der Waals surface area contributed by atoms with Gasteiger partial charge in [-0.25, -0.2) is 22.9 Å². The van der Waals surface area contributed by atoms with Gasteiger partial charge in [0.1, 0.15) is 11.5 Å². The molecule has 0 bridgehead atoms. The topological polar surface area (TPSA) is 50.2 Å². The number of halogens is 3. The van der Waals surface area contributed by atoms with Gasteiger partial charge in [0.25, 0.3) is 0 Å². The normalized spacial score (nSPS) is 10.4. The van der Waals surface area contributed by atoms with E-state index in [9.17, 15) is 18.0 Å². The van der Waals surface area contributed by atoms with Crippen molar-refractivity contribution in [1.82, 2.24) is 4.98 Å². The van der Waals surface area contributed by atoms with Gasteiger partial charge >= 0.3 is 5.97 Å². The van der Waals surface area contributed by atoms with E-state index in [1.807, 2.05) is 0 Å². The number of aromatic carboxylic acids is 1. The average Bonchev–Trinajstić information content (AvgIpc) is 2.34. The van der Waals surface area contributed by atoms with Crippen LogP contribution in [0, 0.1) is 17.5 Å². The first-order valence-electron chi connectivity index (χ1n) is 4.83. The number of rotatable bonds is 2. The van der Waals surface area contributed by atoms with Gasteiger partial charge < -0.3 is 5.11 Å². The molecule has 18 heavy (non-hydrogen) atoms. The molecule has 3 nitrogen and oxygen atoms in total. The lowest BCUT2D eigenvalue weighted by molar-refractivity contribution is 0.0690. The standard InChI is InChI=1S/C12H6F3NO2/c13-8-4-10(15)9(14)3-7(8)6-1-2-11(12(17)18)16-5-6/h1-5H,(H,17,18). The molecule has 0 fully saturated rings. The highest BCUT2D eigenvalue weighted by atomic mass is 19.2. The lowest BCUT2D eigenvalue weighted by atomic mass is 10.1. The molecule has 1 N–H and O–H groups in total. The predicted octanol–water partition coefficient (Wildman–Crippen LogP) is 2.86. The molecule has 0 radical (unpaired) electrons. The summed E-state index contributed by atoms with van der Waals surface area (Å²) in [6.45, 7) is 0. The van der Waals surface area contributed by atoms with E-state index in [4.69, 9.17) is 5.11 Å². The minimum Gasteiger partial charge on any atom is -0.477 e. The Morgan fingerprint density at radius 1 is 1.06 bits per heavy atom. The van der Waals surface area contributed by atoms with Crippen LogP contribution in [0.5, 0.6) is 0 Å². The minimum absolute atomic E-state index is 0.163. The van der Waals surface area contributed by atoms with Gasteiger partial charge in [-0.05, 0) is 12.1 Å². The van der Waals surface area contributed by atoms with Crippen molar-refractivity contribution in [3.05, 3.63) is 53.6 Å². The summed E-state index contributed by atoms with van der Waals surface area (Å²) in [4.78, 5) is 14.1. The van der Waals surface area contributed by atoms with Crippen molar-refractivity contribution < 1.29 is 23.1 Å². The number of pyridine rings is 1. The van der Waals surface area contributed by atoms with Crippen molar-refractivity contribution in [2.24, 2.45) is 0 Å². The van der Waals surface area contributed by atoms with Gasteiger partial charge in [-0.1, -0.05) is 6.07 Å². The molecule has 1 aromatic heterocycles. The zero-order valence-electron chi connectivity index (χ0n) is 8.82. The third kappa shape index (κ3) is 2.17. The number of benzene rings is 1. The highest BCUT2D eigenvalue weighted by Crippen LogP contribution is 2.24. The zero-order valence-corrected chi connectivity index (χ0v) is 8.82. The van der Waals surface area contributed by atoms with Gasteiger partial charge in [-0.15, -0.1) is 0 Å². The Balaban J connectivity index is 2.49. The first kappa shape index (κ1) is 12.1. The lowest BCUT2D eigenvalue weighted by Gasteiger charge is -2.04. The van der Waals surface area contributed by atoms with E-state index in [1.165, 1.54) is 6.07 Å². The van der Waals surface area contributed by atoms with Crippen LogP contribution in [0.15, 0.2) is 30.5 Å². The zero-order chi connectivity index (χ0) is 13.3. The van der Waals surface area contributed by atoms with E-state index >= 15 is 0 Å². The summed E-state index contributed by atoms with van der Waals surface area (Å²) < 4.78 is 39.2. The molecule has 0 saturated heterocycles. The molecule has 2 rings (SSSR count). The fourth-order valence-electron chi connectivity index (χ4n) is 1.42. The number of hydrogen-bond donors (Lipinski definition) is 1. The van der Waals surface area contributed by atoms with E-state index in [2.05, 4.69) is 4.98 Å². The molecule has 1 aromatic carbocycles. The third-order valence-corrected chi connectivity index (χ3v) is 2.30. The number of aromatic nitrogens is 1. The van der Waals surface area contributed by atoms with E-state index in [0.717, 1.165) is 12.3 Å². The maximum Gasteiger partial charge on any atom is 0.354 e. The van der Waals surface area contributed by atoms with Crippen molar-refractivity contribution in [2.45, 2.75) is 0 Å². The van der Waals surface area contributed by atoms with Gasteiger partial charge in [0.05, 0.1) is 0 Å². The van der Waals surface area contributed by atoms with E-state index in [0.29, 0.717) is 12.1 Å². The molecule has 0 aliphatic rings. The quantitative estimate of drug-likeness (QED) is 0.837. The van der Waals surface area contributed by atoms with E-state index in [-0.39, 0.29) is 16.8 Å². The molecule has 0 amide bonds. The number of hydrogen-bond acceptors (Lipinski definition) is 2. The summed E-state index contributed by atoms with van der Waals surface area (Å²) in [6.07, 6.45) is 1.08. The number of carbonyl (C=O) groups is 1. The summed E-state index contributed by atoms with van der Waals surface area (Å²) in [5.41, 5.74) is -0.239. The molecule has 0 spiro atoms. The van der Waals surface area contributed by atoms with Crippen molar-refractivity contribution in [1.29, 1.82) is 0 Å². The van der Waals surface area contributed by atoms with Gasteiger partial charge in [-0.3, -0.25) is 0 Å². The third-order valence-electron chi connectivity index (χ3n) is 2.30. The number of carboxylic acids is 1. The fourth-order valence-corrected chi connectivity index (χ4v) is 1.42. The molecular weight excluding hydrogens is 247 g/mol. The van der Waals surface area contributed by atoms with Crippen LogP contribution >= 0.6 is 0 Å².